The highest BCUT2D eigenvalue weighted by molar-refractivity contribution is 5.79. The molecule has 1 amide bonds. The maximum atomic E-state index is 11.2. The number of aliphatic imine (C=N–C) groups is 1. The molecule has 0 radical (unpaired) electrons. The maximum absolute atomic E-state index is 11.2. The van der Waals surface area contributed by atoms with E-state index in [0.29, 0.717) is 0 Å². The number of likely N-dealkylation sites (tertiary alicyclic amines) is 2. The third kappa shape index (κ3) is 8.93. The normalized spacial score (nSPS) is 20.6. The van der Waals surface area contributed by atoms with Gasteiger partial charge < -0.3 is 26.2 Å². The van der Waals surface area contributed by atoms with E-state index in [1.807, 2.05) is 0 Å². The molecule has 0 saturated carbocycles. The molecule has 4 N–H and O–H groups in total. The van der Waals surface area contributed by atoms with Gasteiger partial charge in [-0.3, -0.25) is 9.79 Å². The Hall–Kier alpha value is -1.34. The Morgan fingerprint density at radius 1 is 1.00 bits per heavy atom. The fourth-order valence-corrected chi connectivity index (χ4v) is 3.94. The van der Waals surface area contributed by atoms with Gasteiger partial charge in [-0.15, -0.1) is 0 Å². The van der Waals surface area contributed by atoms with Gasteiger partial charge in [-0.1, -0.05) is 6.42 Å². The average molecular weight is 381 g/mol. The smallest absolute Gasteiger partial charge is 0.220 e. The van der Waals surface area contributed by atoms with Crippen LogP contribution in [-0.4, -0.2) is 80.6 Å². The highest BCUT2D eigenvalue weighted by Crippen LogP contribution is 2.16. The molecule has 2 heterocycles. The molecule has 7 nitrogen and oxygen atoms in total. The molecule has 0 aromatic heterocycles. The Morgan fingerprint density at radius 2 is 1.70 bits per heavy atom. The number of hydrogen-bond acceptors (Lipinski definition) is 4. The molecule has 0 bridgehead atoms. The van der Waals surface area contributed by atoms with Crippen LogP contribution in [0.1, 0.15) is 51.9 Å². The minimum atomic E-state index is -0.132. The molecular formula is C20H40N6O. The number of primary amides is 1. The van der Waals surface area contributed by atoms with Gasteiger partial charge in [0.1, 0.15) is 0 Å². The van der Waals surface area contributed by atoms with Crippen molar-refractivity contribution in [2.45, 2.75) is 51.9 Å². The van der Waals surface area contributed by atoms with Crippen LogP contribution in [0, 0.1) is 5.92 Å². The summed E-state index contributed by atoms with van der Waals surface area (Å²) in [6.45, 7) is 11.5. The van der Waals surface area contributed by atoms with Crippen molar-refractivity contribution in [2.75, 3.05) is 58.9 Å². The second-order valence-corrected chi connectivity index (χ2v) is 7.82. The van der Waals surface area contributed by atoms with E-state index < -0.39 is 0 Å². The summed E-state index contributed by atoms with van der Waals surface area (Å²) in [5, 5.41) is 6.81. The summed E-state index contributed by atoms with van der Waals surface area (Å²) >= 11 is 0. The van der Waals surface area contributed by atoms with E-state index in [4.69, 9.17) is 10.7 Å². The number of carbonyl (C=O) groups excluding carboxylic acids is 1. The Kier molecular flexibility index (Phi) is 10.5. The molecule has 0 aromatic rings. The average Bonchev–Trinajstić information content (AvgIpc) is 2.69. The van der Waals surface area contributed by atoms with Gasteiger partial charge in [-0.05, 0) is 78.2 Å². The van der Waals surface area contributed by atoms with E-state index in [1.54, 1.807) is 0 Å². The second-order valence-electron chi connectivity index (χ2n) is 7.82. The van der Waals surface area contributed by atoms with Crippen LogP contribution in [0.3, 0.4) is 0 Å². The van der Waals surface area contributed by atoms with E-state index in [-0.39, 0.29) is 11.8 Å². The summed E-state index contributed by atoms with van der Waals surface area (Å²) in [6.07, 6.45) is 8.15. The number of hydrogen-bond donors (Lipinski definition) is 3. The minimum Gasteiger partial charge on any atom is -0.369 e. The van der Waals surface area contributed by atoms with E-state index in [1.165, 1.54) is 32.4 Å². The van der Waals surface area contributed by atoms with Crippen molar-refractivity contribution in [2.24, 2.45) is 16.6 Å². The number of piperidine rings is 2. The van der Waals surface area contributed by atoms with E-state index in [2.05, 4.69) is 27.4 Å². The van der Waals surface area contributed by atoms with Crippen molar-refractivity contribution in [3.05, 3.63) is 0 Å². The quantitative estimate of drug-likeness (QED) is 0.299. The molecule has 27 heavy (non-hydrogen) atoms. The number of unbranched alkanes of at least 4 members (excludes halogenated alkanes) is 1. The van der Waals surface area contributed by atoms with Gasteiger partial charge in [0.25, 0.3) is 0 Å². The van der Waals surface area contributed by atoms with Crippen molar-refractivity contribution in [1.29, 1.82) is 0 Å². The zero-order valence-corrected chi connectivity index (χ0v) is 17.2. The molecule has 0 aliphatic carbocycles. The van der Waals surface area contributed by atoms with E-state index >= 15 is 0 Å². The molecule has 2 fully saturated rings. The number of nitrogens with zero attached hydrogens (tertiary/aromatic N) is 3. The number of amides is 1. The predicted molar refractivity (Wildman–Crippen MR) is 112 cm³/mol. The summed E-state index contributed by atoms with van der Waals surface area (Å²) in [5.41, 5.74) is 5.40. The van der Waals surface area contributed by atoms with Gasteiger partial charge in [0.2, 0.25) is 5.91 Å². The van der Waals surface area contributed by atoms with Crippen molar-refractivity contribution >= 4 is 11.9 Å². The first-order chi connectivity index (χ1) is 13.2. The molecule has 0 aromatic carbocycles. The first-order valence-corrected chi connectivity index (χ1v) is 10.9. The molecule has 7 heteroatoms. The number of carbonyl (C=O) groups is 1. The Balaban J connectivity index is 1.55. The third-order valence-electron chi connectivity index (χ3n) is 5.66. The zero-order chi connectivity index (χ0) is 19.3. The van der Waals surface area contributed by atoms with Crippen molar-refractivity contribution in [1.82, 2.24) is 20.4 Å². The molecule has 2 aliphatic heterocycles. The van der Waals surface area contributed by atoms with Crippen molar-refractivity contribution in [3.63, 3.8) is 0 Å². The Bertz CT molecular complexity index is 442. The fraction of sp³-hybridized carbons (Fsp3) is 0.900. The first kappa shape index (κ1) is 22.0. The highest BCUT2D eigenvalue weighted by Gasteiger charge is 2.22. The molecule has 0 unspecified atom stereocenters. The van der Waals surface area contributed by atoms with E-state index in [0.717, 1.165) is 77.5 Å². The maximum Gasteiger partial charge on any atom is 0.220 e. The molecule has 156 valence electrons. The van der Waals surface area contributed by atoms with Crippen LogP contribution in [0.2, 0.25) is 0 Å². The number of rotatable bonds is 10. The largest absolute Gasteiger partial charge is 0.369 e. The lowest BCUT2D eigenvalue weighted by Crippen LogP contribution is -2.42. The lowest BCUT2D eigenvalue weighted by molar-refractivity contribution is -0.123. The summed E-state index contributed by atoms with van der Waals surface area (Å²) < 4.78 is 0. The monoisotopic (exact) mass is 380 g/mol. The molecule has 0 spiro atoms. The van der Waals surface area contributed by atoms with Crippen LogP contribution in [0.5, 0.6) is 0 Å². The predicted octanol–water partition coefficient (Wildman–Crippen LogP) is 1.00. The third-order valence-corrected chi connectivity index (χ3v) is 5.66. The first-order valence-electron chi connectivity index (χ1n) is 10.9. The minimum absolute atomic E-state index is 0.0875. The summed E-state index contributed by atoms with van der Waals surface area (Å²) in [4.78, 5) is 20.9. The van der Waals surface area contributed by atoms with Crippen LogP contribution in [0.4, 0.5) is 0 Å². The SMILES string of the molecule is CCNC(=NCCCCN1CCC(C(N)=O)CC1)NCCN1CCCCC1. The standard InChI is InChI=1S/C20H40N6O/c1-2-22-20(24-11-17-25-12-5-3-6-13-25)23-10-4-7-14-26-15-8-18(9-16-26)19(21)27/h18H,2-17H2,1H3,(H2,21,27)(H2,22,23,24). The van der Waals surface area contributed by atoms with Crippen molar-refractivity contribution in [3.8, 4) is 0 Å². The molecule has 2 rings (SSSR count). The Labute approximate surface area is 165 Å². The second kappa shape index (κ2) is 12.9. The van der Waals surface area contributed by atoms with Crippen LogP contribution in [0.25, 0.3) is 0 Å². The summed E-state index contributed by atoms with van der Waals surface area (Å²) in [7, 11) is 0. The molecule has 0 atom stereocenters. The van der Waals surface area contributed by atoms with Crippen LogP contribution in [-0.2, 0) is 4.79 Å². The number of guanidine groups is 1. The van der Waals surface area contributed by atoms with Crippen LogP contribution < -0.4 is 16.4 Å². The van der Waals surface area contributed by atoms with Crippen LogP contribution in [0.15, 0.2) is 4.99 Å². The highest BCUT2D eigenvalue weighted by atomic mass is 16.1. The van der Waals surface area contributed by atoms with Gasteiger partial charge in [-0.25, -0.2) is 0 Å². The van der Waals surface area contributed by atoms with Gasteiger partial charge in [0.05, 0.1) is 0 Å². The lowest BCUT2D eigenvalue weighted by atomic mass is 9.96. The number of nitrogens with one attached hydrogen (secondary N) is 2. The topological polar surface area (TPSA) is 86.0 Å². The Morgan fingerprint density at radius 3 is 2.37 bits per heavy atom. The lowest BCUT2D eigenvalue weighted by Gasteiger charge is -2.30. The van der Waals surface area contributed by atoms with Gasteiger partial charge in [-0.2, -0.15) is 0 Å². The van der Waals surface area contributed by atoms with Crippen molar-refractivity contribution < 1.29 is 4.79 Å². The zero-order valence-electron chi connectivity index (χ0n) is 17.2. The van der Waals surface area contributed by atoms with Gasteiger partial charge >= 0.3 is 0 Å². The van der Waals surface area contributed by atoms with Crippen LogP contribution >= 0.6 is 0 Å². The number of nitrogens with two attached hydrogens (primary N) is 1. The molecular weight excluding hydrogens is 340 g/mol. The van der Waals surface area contributed by atoms with Gasteiger partial charge in [0, 0.05) is 32.1 Å². The molecule has 2 aliphatic rings. The van der Waals surface area contributed by atoms with Gasteiger partial charge in [0.15, 0.2) is 5.96 Å². The van der Waals surface area contributed by atoms with E-state index in [9.17, 15) is 4.79 Å². The fourth-order valence-electron chi connectivity index (χ4n) is 3.94. The summed E-state index contributed by atoms with van der Waals surface area (Å²) in [6, 6.07) is 0. The summed E-state index contributed by atoms with van der Waals surface area (Å²) in [5.74, 6) is 0.897. The molecule has 2 saturated heterocycles.